The van der Waals surface area contributed by atoms with Crippen LogP contribution in [0.15, 0.2) is 66.0 Å². The van der Waals surface area contributed by atoms with Crippen molar-refractivity contribution in [2.45, 2.75) is 6.92 Å². The number of anilines is 2. The summed E-state index contributed by atoms with van der Waals surface area (Å²) in [5.41, 5.74) is 2.69. The zero-order valence-electron chi connectivity index (χ0n) is 13.1. The SMILES string of the molecule is Cc1cccc(NC(=O)c2ccccc2NC(=O)c2cccs2)c1. The summed E-state index contributed by atoms with van der Waals surface area (Å²) in [7, 11) is 0. The average molecular weight is 336 g/mol. The van der Waals surface area contributed by atoms with Crippen molar-refractivity contribution in [2.24, 2.45) is 0 Å². The molecular formula is C19H16N2O2S. The van der Waals surface area contributed by atoms with Crippen molar-refractivity contribution in [3.05, 3.63) is 82.0 Å². The molecule has 0 unspecified atom stereocenters. The molecule has 0 radical (unpaired) electrons. The van der Waals surface area contributed by atoms with Gasteiger partial charge in [0.2, 0.25) is 0 Å². The first-order valence-electron chi connectivity index (χ1n) is 7.45. The van der Waals surface area contributed by atoms with Crippen LogP contribution in [0.3, 0.4) is 0 Å². The van der Waals surface area contributed by atoms with Gasteiger partial charge in [-0.25, -0.2) is 0 Å². The molecule has 0 saturated heterocycles. The van der Waals surface area contributed by atoms with Gasteiger partial charge in [-0.2, -0.15) is 0 Å². The maximum absolute atomic E-state index is 12.6. The molecule has 24 heavy (non-hydrogen) atoms. The summed E-state index contributed by atoms with van der Waals surface area (Å²) >= 11 is 1.36. The van der Waals surface area contributed by atoms with Crippen LogP contribution in [0.5, 0.6) is 0 Å². The van der Waals surface area contributed by atoms with Crippen LogP contribution >= 0.6 is 11.3 Å². The minimum Gasteiger partial charge on any atom is -0.322 e. The highest BCUT2D eigenvalue weighted by molar-refractivity contribution is 7.12. The van der Waals surface area contributed by atoms with Gasteiger partial charge in [0.25, 0.3) is 11.8 Å². The number of rotatable bonds is 4. The highest BCUT2D eigenvalue weighted by Crippen LogP contribution is 2.20. The number of carbonyl (C=O) groups is 2. The third-order valence-corrected chi connectivity index (χ3v) is 4.31. The van der Waals surface area contributed by atoms with Crippen molar-refractivity contribution < 1.29 is 9.59 Å². The summed E-state index contributed by atoms with van der Waals surface area (Å²) < 4.78 is 0. The van der Waals surface area contributed by atoms with Crippen LogP contribution in [0, 0.1) is 6.92 Å². The van der Waals surface area contributed by atoms with Gasteiger partial charge in [-0.15, -0.1) is 11.3 Å². The molecule has 1 aromatic heterocycles. The largest absolute Gasteiger partial charge is 0.322 e. The average Bonchev–Trinajstić information content (AvgIpc) is 3.10. The number of benzene rings is 2. The van der Waals surface area contributed by atoms with Crippen LogP contribution in [0.4, 0.5) is 11.4 Å². The van der Waals surface area contributed by atoms with Gasteiger partial charge in [0.05, 0.1) is 16.1 Å². The predicted octanol–water partition coefficient (Wildman–Crippen LogP) is 4.56. The maximum atomic E-state index is 12.6. The van der Waals surface area contributed by atoms with Crippen molar-refractivity contribution in [2.75, 3.05) is 10.6 Å². The number of amides is 2. The normalized spacial score (nSPS) is 10.2. The van der Waals surface area contributed by atoms with Crippen LogP contribution < -0.4 is 10.6 Å². The van der Waals surface area contributed by atoms with Crippen LogP contribution in [-0.2, 0) is 0 Å². The first kappa shape index (κ1) is 16.0. The third-order valence-electron chi connectivity index (χ3n) is 3.44. The highest BCUT2D eigenvalue weighted by Gasteiger charge is 2.14. The van der Waals surface area contributed by atoms with Crippen LogP contribution in [0.25, 0.3) is 0 Å². The molecule has 0 saturated carbocycles. The number of hydrogen-bond acceptors (Lipinski definition) is 3. The van der Waals surface area contributed by atoms with Crippen LogP contribution in [0.2, 0.25) is 0 Å². The van der Waals surface area contributed by atoms with Crippen LogP contribution in [0.1, 0.15) is 25.6 Å². The summed E-state index contributed by atoms with van der Waals surface area (Å²) in [5.74, 6) is -0.483. The number of thiophene rings is 1. The van der Waals surface area contributed by atoms with Crippen molar-refractivity contribution in [1.29, 1.82) is 0 Å². The van der Waals surface area contributed by atoms with E-state index in [9.17, 15) is 9.59 Å². The molecule has 0 aliphatic carbocycles. The second-order valence-electron chi connectivity index (χ2n) is 5.30. The second-order valence-corrected chi connectivity index (χ2v) is 6.25. The summed E-state index contributed by atoms with van der Waals surface area (Å²) in [6.07, 6.45) is 0. The molecule has 5 heteroatoms. The zero-order valence-corrected chi connectivity index (χ0v) is 13.9. The van der Waals surface area contributed by atoms with Gasteiger partial charge in [0.1, 0.15) is 0 Å². The molecule has 120 valence electrons. The number of aryl methyl sites for hydroxylation is 1. The Morgan fingerprint density at radius 2 is 1.71 bits per heavy atom. The highest BCUT2D eigenvalue weighted by atomic mass is 32.1. The van der Waals surface area contributed by atoms with Crippen molar-refractivity contribution in [3.8, 4) is 0 Å². The number of para-hydroxylation sites is 1. The van der Waals surface area contributed by atoms with E-state index >= 15 is 0 Å². The van der Waals surface area contributed by atoms with Crippen molar-refractivity contribution >= 4 is 34.5 Å². The van der Waals surface area contributed by atoms with E-state index in [1.54, 1.807) is 30.3 Å². The van der Waals surface area contributed by atoms with E-state index < -0.39 is 0 Å². The lowest BCUT2D eigenvalue weighted by Gasteiger charge is -2.11. The van der Waals surface area contributed by atoms with E-state index in [2.05, 4.69) is 10.6 Å². The molecule has 3 aromatic rings. The van der Waals surface area contributed by atoms with Gasteiger partial charge in [-0.3, -0.25) is 9.59 Å². The Kier molecular flexibility index (Phi) is 4.72. The summed E-state index contributed by atoms with van der Waals surface area (Å²) in [5, 5.41) is 7.50. The van der Waals surface area contributed by atoms with Gasteiger partial charge in [0.15, 0.2) is 0 Å². The van der Waals surface area contributed by atoms with E-state index in [1.807, 2.05) is 42.6 Å². The molecule has 0 aliphatic heterocycles. The maximum Gasteiger partial charge on any atom is 0.265 e. The topological polar surface area (TPSA) is 58.2 Å². The first-order chi connectivity index (χ1) is 11.6. The molecule has 4 nitrogen and oxygen atoms in total. The van der Waals surface area contributed by atoms with Gasteiger partial charge in [-0.1, -0.05) is 30.3 Å². The molecule has 3 rings (SSSR count). The number of nitrogens with one attached hydrogen (secondary N) is 2. The Morgan fingerprint density at radius 1 is 0.875 bits per heavy atom. The molecule has 0 bridgehead atoms. The quantitative estimate of drug-likeness (QED) is 0.734. The molecule has 2 N–H and O–H groups in total. The van der Waals surface area contributed by atoms with E-state index in [0.717, 1.165) is 11.3 Å². The molecule has 2 aromatic carbocycles. The Bertz CT molecular complexity index is 873. The molecule has 2 amide bonds. The predicted molar refractivity (Wildman–Crippen MR) is 97.8 cm³/mol. The summed E-state index contributed by atoms with van der Waals surface area (Å²) in [6.45, 7) is 1.96. The summed E-state index contributed by atoms with van der Waals surface area (Å²) in [4.78, 5) is 25.4. The number of carbonyl (C=O) groups excluding carboxylic acids is 2. The van der Waals surface area contributed by atoms with E-state index in [4.69, 9.17) is 0 Å². The van der Waals surface area contributed by atoms with E-state index in [0.29, 0.717) is 16.1 Å². The minimum atomic E-state index is -0.261. The Morgan fingerprint density at radius 3 is 2.46 bits per heavy atom. The van der Waals surface area contributed by atoms with E-state index in [1.165, 1.54) is 11.3 Å². The molecule has 0 aliphatic rings. The molecule has 0 atom stereocenters. The molecule has 1 heterocycles. The van der Waals surface area contributed by atoms with Gasteiger partial charge < -0.3 is 10.6 Å². The van der Waals surface area contributed by atoms with Gasteiger partial charge >= 0.3 is 0 Å². The monoisotopic (exact) mass is 336 g/mol. The fourth-order valence-corrected chi connectivity index (χ4v) is 2.92. The third kappa shape index (κ3) is 3.70. The Labute approximate surface area is 144 Å². The molecule has 0 spiro atoms. The molecule has 0 fully saturated rings. The van der Waals surface area contributed by atoms with Gasteiger partial charge in [-0.05, 0) is 48.2 Å². The van der Waals surface area contributed by atoms with E-state index in [-0.39, 0.29) is 11.8 Å². The fourth-order valence-electron chi connectivity index (χ4n) is 2.30. The fraction of sp³-hybridized carbons (Fsp3) is 0.0526. The van der Waals surface area contributed by atoms with Gasteiger partial charge in [0, 0.05) is 5.69 Å². The minimum absolute atomic E-state index is 0.221. The van der Waals surface area contributed by atoms with Crippen molar-refractivity contribution in [1.82, 2.24) is 0 Å². The lowest BCUT2D eigenvalue weighted by molar-refractivity contribution is 0.102. The first-order valence-corrected chi connectivity index (χ1v) is 8.33. The Hall–Kier alpha value is -2.92. The molecular weight excluding hydrogens is 320 g/mol. The lowest BCUT2D eigenvalue weighted by atomic mass is 10.1. The standard InChI is InChI=1S/C19H16N2O2S/c1-13-6-4-7-14(12-13)20-18(22)15-8-2-3-9-16(15)21-19(23)17-10-5-11-24-17/h2-12H,1H3,(H,20,22)(H,21,23). The summed E-state index contributed by atoms with van der Waals surface area (Å²) in [6, 6.07) is 18.1. The second kappa shape index (κ2) is 7.10. The van der Waals surface area contributed by atoms with Crippen molar-refractivity contribution in [3.63, 3.8) is 0 Å². The lowest BCUT2D eigenvalue weighted by Crippen LogP contribution is -2.17. The Balaban J connectivity index is 1.80. The number of hydrogen-bond donors (Lipinski definition) is 2. The smallest absolute Gasteiger partial charge is 0.265 e. The van der Waals surface area contributed by atoms with Crippen LogP contribution in [-0.4, -0.2) is 11.8 Å². The zero-order chi connectivity index (χ0) is 16.9.